The van der Waals surface area contributed by atoms with E-state index in [-0.39, 0.29) is 11.1 Å². The van der Waals surface area contributed by atoms with E-state index in [9.17, 15) is 26.4 Å². The number of halogens is 4. The Labute approximate surface area is 172 Å². The van der Waals surface area contributed by atoms with Crippen LogP contribution in [0.5, 0.6) is 0 Å². The van der Waals surface area contributed by atoms with E-state index in [1.165, 1.54) is 0 Å². The van der Waals surface area contributed by atoms with E-state index in [1.807, 2.05) is 25.1 Å². The van der Waals surface area contributed by atoms with E-state index in [4.69, 9.17) is 11.6 Å². The first-order valence-corrected chi connectivity index (χ1v) is 10.8. The average molecular weight is 449 g/mol. The molecule has 5 nitrogen and oxygen atoms in total. The number of anilines is 1. The highest BCUT2D eigenvalue weighted by molar-refractivity contribution is 7.92. The van der Waals surface area contributed by atoms with E-state index in [0.29, 0.717) is 16.8 Å². The Morgan fingerprint density at radius 1 is 1.17 bits per heavy atom. The number of hydrogen-bond acceptors (Lipinski definition) is 3. The zero-order valence-corrected chi connectivity index (χ0v) is 17.3. The van der Waals surface area contributed by atoms with Gasteiger partial charge in [0.15, 0.2) is 0 Å². The molecule has 1 atom stereocenters. The van der Waals surface area contributed by atoms with Gasteiger partial charge in [0.05, 0.1) is 28.6 Å². The zero-order valence-electron chi connectivity index (χ0n) is 15.7. The highest BCUT2D eigenvalue weighted by Gasteiger charge is 2.33. The minimum absolute atomic E-state index is 0.216. The lowest BCUT2D eigenvalue weighted by molar-refractivity contribution is -0.137. The average Bonchev–Trinajstić information content (AvgIpc) is 2.63. The lowest BCUT2D eigenvalue weighted by Gasteiger charge is -2.25. The molecule has 0 aliphatic carbocycles. The van der Waals surface area contributed by atoms with Crippen LogP contribution in [0.4, 0.5) is 18.9 Å². The Hall–Kier alpha value is -2.26. The van der Waals surface area contributed by atoms with Gasteiger partial charge in [0.1, 0.15) is 6.54 Å². The van der Waals surface area contributed by atoms with Crippen molar-refractivity contribution in [2.45, 2.75) is 25.6 Å². The van der Waals surface area contributed by atoms with Gasteiger partial charge in [0, 0.05) is 0 Å². The molecule has 0 saturated heterocycles. The van der Waals surface area contributed by atoms with E-state index >= 15 is 0 Å². The fourth-order valence-corrected chi connectivity index (χ4v) is 3.87. The molecule has 0 heterocycles. The summed E-state index contributed by atoms with van der Waals surface area (Å²) in [5.74, 6) is -0.667. The van der Waals surface area contributed by atoms with Crippen LogP contribution in [0.25, 0.3) is 0 Å². The molecule has 0 unspecified atom stereocenters. The Morgan fingerprint density at radius 3 is 2.31 bits per heavy atom. The maximum Gasteiger partial charge on any atom is 0.416 e. The molecule has 0 aliphatic rings. The number of carbonyl (C=O) groups is 1. The highest BCUT2D eigenvalue weighted by atomic mass is 35.5. The molecular formula is C19H20ClF3N2O3S. The van der Waals surface area contributed by atoms with Gasteiger partial charge < -0.3 is 5.32 Å². The number of nitrogens with zero attached hydrogens (tertiary/aromatic N) is 1. The number of sulfonamides is 1. The summed E-state index contributed by atoms with van der Waals surface area (Å²) >= 11 is 5.95. The van der Waals surface area contributed by atoms with Crippen molar-refractivity contribution in [3.05, 3.63) is 64.7 Å². The number of nitrogens with one attached hydrogen (secondary N) is 1. The summed E-state index contributed by atoms with van der Waals surface area (Å²) in [6, 6.07) is 11.0. The molecular weight excluding hydrogens is 429 g/mol. The SMILES string of the molecule is CC[C@H](NC(=O)CN(c1cc(C(F)(F)F)ccc1Cl)S(C)(=O)=O)c1ccccc1. The fourth-order valence-electron chi connectivity index (χ4n) is 2.74. The third-order valence-electron chi connectivity index (χ3n) is 4.18. The normalized spacial score (nSPS) is 13.0. The first-order valence-electron chi connectivity index (χ1n) is 8.62. The van der Waals surface area contributed by atoms with Crippen LogP contribution in [-0.2, 0) is 21.0 Å². The quantitative estimate of drug-likeness (QED) is 0.683. The fraction of sp³-hybridized carbons (Fsp3) is 0.316. The Kier molecular flexibility index (Phi) is 7.18. The summed E-state index contributed by atoms with van der Waals surface area (Å²) in [4.78, 5) is 12.5. The second-order valence-electron chi connectivity index (χ2n) is 6.37. The van der Waals surface area contributed by atoms with E-state index < -0.39 is 39.9 Å². The molecule has 0 aliphatic heterocycles. The van der Waals surface area contributed by atoms with Crippen molar-refractivity contribution in [3.8, 4) is 0 Å². The van der Waals surface area contributed by atoms with Crippen LogP contribution < -0.4 is 9.62 Å². The Bertz CT molecular complexity index is 966. The third kappa shape index (κ3) is 6.11. The maximum absolute atomic E-state index is 13.0. The van der Waals surface area contributed by atoms with Gasteiger partial charge in [-0.1, -0.05) is 48.9 Å². The number of benzene rings is 2. The molecule has 1 amide bonds. The molecule has 2 aromatic carbocycles. The van der Waals surface area contributed by atoms with Gasteiger partial charge in [-0.05, 0) is 30.2 Å². The lowest BCUT2D eigenvalue weighted by Crippen LogP contribution is -2.41. The maximum atomic E-state index is 13.0. The minimum atomic E-state index is -4.69. The molecule has 10 heteroatoms. The van der Waals surface area contributed by atoms with Crippen molar-refractivity contribution in [1.29, 1.82) is 0 Å². The molecule has 158 valence electrons. The largest absolute Gasteiger partial charge is 0.416 e. The number of alkyl halides is 3. The van der Waals surface area contributed by atoms with Crippen LogP contribution in [-0.4, -0.2) is 27.1 Å². The van der Waals surface area contributed by atoms with Crippen LogP contribution in [0.15, 0.2) is 48.5 Å². The van der Waals surface area contributed by atoms with Gasteiger partial charge in [-0.2, -0.15) is 13.2 Å². The van der Waals surface area contributed by atoms with E-state index in [0.717, 1.165) is 24.0 Å². The van der Waals surface area contributed by atoms with Gasteiger partial charge in [-0.15, -0.1) is 0 Å². The van der Waals surface area contributed by atoms with Crippen molar-refractivity contribution in [2.75, 3.05) is 17.1 Å². The summed E-state index contributed by atoms with van der Waals surface area (Å²) < 4.78 is 64.1. The van der Waals surface area contributed by atoms with Gasteiger partial charge >= 0.3 is 6.18 Å². The molecule has 0 radical (unpaired) electrons. The van der Waals surface area contributed by atoms with Crippen LogP contribution in [0.1, 0.15) is 30.5 Å². The first-order chi connectivity index (χ1) is 13.4. The molecule has 0 saturated carbocycles. The number of carbonyl (C=O) groups excluding carboxylic acids is 1. The standard InChI is InChI=1S/C19H20ClF3N2O3S/c1-3-16(13-7-5-4-6-8-13)24-18(26)12-25(29(2,27)28)17-11-14(19(21,22)23)9-10-15(17)20/h4-11,16H,3,12H2,1-2H3,(H,24,26)/t16-/m0/s1. The highest BCUT2D eigenvalue weighted by Crippen LogP contribution is 2.36. The molecule has 2 rings (SSSR count). The monoisotopic (exact) mass is 448 g/mol. The van der Waals surface area contributed by atoms with Gasteiger partial charge in [-0.25, -0.2) is 8.42 Å². The summed E-state index contributed by atoms with van der Waals surface area (Å²) in [7, 11) is -4.08. The Morgan fingerprint density at radius 2 is 1.79 bits per heavy atom. The summed E-state index contributed by atoms with van der Waals surface area (Å²) in [6.07, 6.45) is -3.35. The summed E-state index contributed by atoms with van der Waals surface area (Å²) in [5.41, 5.74) is -0.653. The summed E-state index contributed by atoms with van der Waals surface area (Å²) in [5, 5.41) is 2.49. The van der Waals surface area contributed by atoms with Gasteiger partial charge in [0.25, 0.3) is 0 Å². The van der Waals surface area contributed by atoms with Crippen molar-refractivity contribution < 1.29 is 26.4 Å². The molecule has 0 aromatic heterocycles. The van der Waals surface area contributed by atoms with Crippen molar-refractivity contribution in [3.63, 3.8) is 0 Å². The Balaban J connectivity index is 2.32. The van der Waals surface area contributed by atoms with Crippen molar-refractivity contribution >= 4 is 33.2 Å². The van der Waals surface area contributed by atoms with Crippen LogP contribution >= 0.6 is 11.6 Å². The van der Waals surface area contributed by atoms with E-state index in [2.05, 4.69) is 5.32 Å². The second kappa shape index (κ2) is 9.04. The van der Waals surface area contributed by atoms with E-state index in [1.54, 1.807) is 12.1 Å². The molecule has 29 heavy (non-hydrogen) atoms. The second-order valence-corrected chi connectivity index (χ2v) is 8.69. The smallest absolute Gasteiger partial charge is 0.348 e. The van der Waals surface area contributed by atoms with Crippen LogP contribution in [0, 0.1) is 0 Å². The summed E-state index contributed by atoms with van der Waals surface area (Å²) in [6.45, 7) is 1.14. The van der Waals surface area contributed by atoms with Crippen molar-refractivity contribution in [2.24, 2.45) is 0 Å². The number of rotatable bonds is 7. The van der Waals surface area contributed by atoms with Gasteiger partial charge in [-0.3, -0.25) is 9.10 Å². The minimum Gasteiger partial charge on any atom is -0.348 e. The molecule has 1 N–H and O–H groups in total. The van der Waals surface area contributed by atoms with Crippen LogP contribution in [0.3, 0.4) is 0 Å². The van der Waals surface area contributed by atoms with Crippen LogP contribution in [0.2, 0.25) is 5.02 Å². The predicted octanol–water partition coefficient (Wildman–Crippen LogP) is 4.39. The topological polar surface area (TPSA) is 66.5 Å². The molecule has 0 fully saturated rings. The zero-order chi connectivity index (χ0) is 21.8. The first kappa shape index (κ1) is 23.0. The molecule has 0 spiro atoms. The lowest BCUT2D eigenvalue weighted by atomic mass is 10.0. The van der Waals surface area contributed by atoms with Crippen molar-refractivity contribution in [1.82, 2.24) is 5.32 Å². The number of amides is 1. The number of hydrogen-bond donors (Lipinski definition) is 1. The predicted molar refractivity (Wildman–Crippen MR) is 106 cm³/mol. The third-order valence-corrected chi connectivity index (χ3v) is 5.62. The van der Waals surface area contributed by atoms with Gasteiger partial charge in [0.2, 0.25) is 15.9 Å². The molecule has 2 aromatic rings. The molecule has 0 bridgehead atoms.